The Balaban J connectivity index is 1.47. The molecule has 1 N–H and O–H groups in total. The molecule has 2 aromatic rings. The van der Waals surface area contributed by atoms with Crippen molar-refractivity contribution in [2.24, 2.45) is 0 Å². The zero-order valence-electron chi connectivity index (χ0n) is 11.9. The Hall–Kier alpha value is -1.80. The van der Waals surface area contributed by atoms with Crippen LogP contribution < -0.4 is 10.1 Å². The molecule has 2 aromatic carbocycles. The fourth-order valence-electron chi connectivity index (χ4n) is 2.88. The van der Waals surface area contributed by atoms with Crippen molar-refractivity contribution in [2.45, 2.75) is 25.8 Å². The molecule has 0 bridgehead atoms. The Morgan fingerprint density at radius 3 is 2.95 bits per heavy atom. The van der Waals surface area contributed by atoms with Crippen LogP contribution in [0.2, 0.25) is 0 Å². The summed E-state index contributed by atoms with van der Waals surface area (Å²) in [5.41, 5.74) is 4.19. The summed E-state index contributed by atoms with van der Waals surface area (Å²) >= 11 is 0. The first-order valence-electron chi connectivity index (χ1n) is 7.33. The van der Waals surface area contributed by atoms with Crippen LogP contribution in [0.5, 0.6) is 5.75 Å². The van der Waals surface area contributed by atoms with Gasteiger partial charge in [-0.2, -0.15) is 0 Å². The van der Waals surface area contributed by atoms with Crippen molar-refractivity contribution < 1.29 is 4.74 Å². The molecule has 0 radical (unpaired) electrons. The van der Waals surface area contributed by atoms with Crippen LogP contribution in [0.4, 0.5) is 0 Å². The number of ether oxygens (including phenoxy) is 1. The third-order valence-corrected chi connectivity index (χ3v) is 3.88. The van der Waals surface area contributed by atoms with E-state index in [1.807, 2.05) is 12.1 Å². The first-order valence-corrected chi connectivity index (χ1v) is 7.33. The van der Waals surface area contributed by atoms with E-state index < -0.39 is 0 Å². The number of nitrogens with one attached hydrogen (secondary N) is 1. The summed E-state index contributed by atoms with van der Waals surface area (Å²) in [6.45, 7) is 3.68. The highest BCUT2D eigenvalue weighted by atomic mass is 16.5. The van der Waals surface area contributed by atoms with Crippen LogP contribution in [0.1, 0.15) is 29.2 Å². The zero-order valence-corrected chi connectivity index (χ0v) is 11.9. The van der Waals surface area contributed by atoms with Gasteiger partial charge in [0.2, 0.25) is 0 Å². The second-order valence-electron chi connectivity index (χ2n) is 5.41. The summed E-state index contributed by atoms with van der Waals surface area (Å²) in [4.78, 5) is 0. The van der Waals surface area contributed by atoms with Gasteiger partial charge in [0.05, 0.1) is 0 Å². The van der Waals surface area contributed by atoms with Crippen molar-refractivity contribution >= 4 is 0 Å². The number of fused-ring (bicyclic) bond motifs is 1. The Kier molecular flexibility index (Phi) is 4.03. The van der Waals surface area contributed by atoms with Crippen molar-refractivity contribution in [1.29, 1.82) is 0 Å². The third-order valence-electron chi connectivity index (χ3n) is 3.88. The number of aryl methyl sites for hydroxylation is 2. The molecular weight excluding hydrogens is 246 g/mol. The molecule has 0 saturated carbocycles. The van der Waals surface area contributed by atoms with Gasteiger partial charge in [0.1, 0.15) is 12.4 Å². The fraction of sp³-hybridized carbons (Fsp3) is 0.333. The van der Waals surface area contributed by atoms with Gasteiger partial charge in [0.15, 0.2) is 0 Å². The molecule has 0 fully saturated rings. The lowest BCUT2D eigenvalue weighted by Gasteiger charge is -2.14. The maximum absolute atomic E-state index is 5.77. The average molecular weight is 267 g/mol. The molecule has 0 saturated heterocycles. The monoisotopic (exact) mass is 267 g/mol. The lowest BCUT2D eigenvalue weighted by Crippen LogP contribution is -2.24. The largest absolute Gasteiger partial charge is 0.492 e. The van der Waals surface area contributed by atoms with Crippen LogP contribution in [0.15, 0.2) is 48.5 Å². The number of rotatable bonds is 5. The molecule has 20 heavy (non-hydrogen) atoms. The second-order valence-corrected chi connectivity index (χ2v) is 5.41. The van der Waals surface area contributed by atoms with Crippen LogP contribution in [0.3, 0.4) is 0 Å². The minimum Gasteiger partial charge on any atom is -0.492 e. The molecule has 1 unspecified atom stereocenters. The third kappa shape index (κ3) is 3.02. The van der Waals surface area contributed by atoms with E-state index in [1.165, 1.54) is 29.5 Å². The molecule has 0 aliphatic heterocycles. The molecule has 0 spiro atoms. The van der Waals surface area contributed by atoms with Gasteiger partial charge in [-0.3, -0.25) is 0 Å². The molecule has 0 aromatic heterocycles. The van der Waals surface area contributed by atoms with E-state index in [2.05, 4.69) is 48.6 Å². The van der Waals surface area contributed by atoms with Crippen LogP contribution in [0, 0.1) is 6.92 Å². The first kappa shape index (κ1) is 13.2. The van der Waals surface area contributed by atoms with Gasteiger partial charge < -0.3 is 10.1 Å². The van der Waals surface area contributed by atoms with Gasteiger partial charge in [-0.25, -0.2) is 0 Å². The Morgan fingerprint density at radius 1 is 1.15 bits per heavy atom. The van der Waals surface area contributed by atoms with E-state index in [9.17, 15) is 0 Å². The van der Waals surface area contributed by atoms with E-state index in [4.69, 9.17) is 4.74 Å². The van der Waals surface area contributed by atoms with Gasteiger partial charge in [-0.05, 0) is 48.6 Å². The zero-order chi connectivity index (χ0) is 13.8. The standard InChI is InChI=1S/C18H21NO/c1-14-5-4-7-16(13-14)20-12-11-19-18-10-9-15-6-2-3-8-17(15)18/h2-8,13,18-19H,9-12H2,1H3. The topological polar surface area (TPSA) is 21.3 Å². The number of hydrogen-bond acceptors (Lipinski definition) is 2. The SMILES string of the molecule is Cc1cccc(OCCNC2CCc3ccccc32)c1. The van der Waals surface area contributed by atoms with E-state index in [0.29, 0.717) is 12.6 Å². The molecule has 3 rings (SSSR count). The number of hydrogen-bond donors (Lipinski definition) is 1. The van der Waals surface area contributed by atoms with Gasteiger partial charge in [-0.15, -0.1) is 0 Å². The van der Waals surface area contributed by atoms with Crippen LogP contribution in [-0.4, -0.2) is 13.2 Å². The van der Waals surface area contributed by atoms with Crippen molar-refractivity contribution in [3.8, 4) is 5.75 Å². The summed E-state index contributed by atoms with van der Waals surface area (Å²) in [6.07, 6.45) is 2.39. The molecule has 1 atom stereocenters. The van der Waals surface area contributed by atoms with Crippen LogP contribution in [0.25, 0.3) is 0 Å². The number of benzene rings is 2. The van der Waals surface area contributed by atoms with Crippen molar-refractivity contribution in [3.05, 3.63) is 65.2 Å². The average Bonchev–Trinajstić information content (AvgIpc) is 2.87. The minimum atomic E-state index is 0.493. The summed E-state index contributed by atoms with van der Waals surface area (Å²) in [6, 6.07) is 17.4. The smallest absolute Gasteiger partial charge is 0.119 e. The normalized spacial score (nSPS) is 16.9. The predicted molar refractivity (Wildman–Crippen MR) is 82.2 cm³/mol. The quantitative estimate of drug-likeness (QED) is 0.835. The molecular formula is C18H21NO. The highest BCUT2D eigenvalue weighted by Crippen LogP contribution is 2.30. The highest BCUT2D eigenvalue weighted by molar-refractivity contribution is 5.34. The molecule has 1 aliphatic carbocycles. The van der Waals surface area contributed by atoms with E-state index in [0.717, 1.165) is 12.3 Å². The van der Waals surface area contributed by atoms with E-state index in [-0.39, 0.29) is 0 Å². The Labute approximate surface area is 120 Å². The van der Waals surface area contributed by atoms with Crippen molar-refractivity contribution in [3.63, 3.8) is 0 Å². The molecule has 0 amide bonds. The summed E-state index contributed by atoms with van der Waals surface area (Å²) in [5, 5.41) is 3.60. The molecule has 2 heteroatoms. The van der Waals surface area contributed by atoms with E-state index in [1.54, 1.807) is 0 Å². The van der Waals surface area contributed by atoms with E-state index >= 15 is 0 Å². The molecule has 1 aliphatic rings. The van der Waals surface area contributed by atoms with Crippen molar-refractivity contribution in [1.82, 2.24) is 5.32 Å². The van der Waals surface area contributed by atoms with Crippen LogP contribution in [-0.2, 0) is 6.42 Å². The summed E-state index contributed by atoms with van der Waals surface area (Å²) in [5.74, 6) is 0.957. The van der Waals surface area contributed by atoms with Gasteiger partial charge >= 0.3 is 0 Å². The summed E-state index contributed by atoms with van der Waals surface area (Å²) in [7, 11) is 0. The lowest BCUT2D eigenvalue weighted by molar-refractivity contribution is 0.305. The predicted octanol–water partition coefficient (Wildman–Crippen LogP) is 3.65. The Bertz CT molecular complexity index is 579. The summed E-state index contributed by atoms with van der Waals surface area (Å²) < 4.78 is 5.77. The van der Waals surface area contributed by atoms with Crippen LogP contribution >= 0.6 is 0 Å². The maximum Gasteiger partial charge on any atom is 0.119 e. The highest BCUT2D eigenvalue weighted by Gasteiger charge is 2.20. The minimum absolute atomic E-state index is 0.493. The Morgan fingerprint density at radius 2 is 2.05 bits per heavy atom. The van der Waals surface area contributed by atoms with Gasteiger partial charge in [-0.1, -0.05) is 36.4 Å². The molecule has 0 heterocycles. The van der Waals surface area contributed by atoms with Gasteiger partial charge in [0, 0.05) is 12.6 Å². The molecule has 104 valence electrons. The van der Waals surface area contributed by atoms with Gasteiger partial charge in [0.25, 0.3) is 0 Å². The lowest BCUT2D eigenvalue weighted by atomic mass is 10.1. The molecule has 2 nitrogen and oxygen atoms in total. The maximum atomic E-state index is 5.77. The first-order chi connectivity index (χ1) is 9.83. The second kappa shape index (κ2) is 6.10. The fourth-order valence-corrected chi connectivity index (χ4v) is 2.88. The van der Waals surface area contributed by atoms with Crippen molar-refractivity contribution in [2.75, 3.05) is 13.2 Å².